The van der Waals surface area contributed by atoms with Gasteiger partial charge in [0.25, 0.3) is 0 Å². The van der Waals surface area contributed by atoms with Gasteiger partial charge in [0.15, 0.2) is 5.17 Å². The summed E-state index contributed by atoms with van der Waals surface area (Å²) in [5, 5.41) is 13.2. The maximum atomic E-state index is 12.0. The Labute approximate surface area is 144 Å². The molecule has 0 radical (unpaired) electrons. The van der Waals surface area contributed by atoms with Crippen LogP contribution in [0, 0.1) is 0 Å². The first-order valence-electron chi connectivity index (χ1n) is 7.44. The Morgan fingerprint density at radius 3 is 2.67 bits per heavy atom. The number of ether oxygens (including phenoxy) is 1. The number of nitrogens with zero attached hydrogens (tertiary/aromatic N) is 2. The summed E-state index contributed by atoms with van der Waals surface area (Å²) in [6.07, 6.45) is 0.0977. The SMILES string of the molecule is COc1ccc(CNC(=O)C[C@H]2S/C(=N/N=C(C)C)NC2=O)cc1. The van der Waals surface area contributed by atoms with Crippen molar-refractivity contribution in [3.63, 3.8) is 0 Å². The lowest BCUT2D eigenvalue weighted by Crippen LogP contribution is -2.31. The van der Waals surface area contributed by atoms with Crippen LogP contribution in [0.4, 0.5) is 0 Å². The third kappa shape index (κ3) is 5.38. The van der Waals surface area contributed by atoms with E-state index < -0.39 is 5.25 Å². The summed E-state index contributed by atoms with van der Waals surface area (Å²) in [7, 11) is 1.60. The summed E-state index contributed by atoms with van der Waals surface area (Å²) in [6.45, 7) is 4.04. The van der Waals surface area contributed by atoms with Crippen LogP contribution < -0.4 is 15.4 Å². The fourth-order valence-electron chi connectivity index (χ4n) is 1.92. The van der Waals surface area contributed by atoms with Gasteiger partial charge in [0.2, 0.25) is 11.8 Å². The van der Waals surface area contributed by atoms with Crippen LogP contribution in [0.25, 0.3) is 0 Å². The van der Waals surface area contributed by atoms with E-state index in [0.717, 1.165) is 17.0 Å². The van der Waals surface area contributed by atoms with Gasteiger partial charge in [0.1, 0.15) is 11.0 Å². The predicted octanol–water partition coefficient (Wildman–Crippen LogP) is 1.68. The van der Waals surface area contributed by atoms with Crippen molar-refractivity contribution < 1.29 is 14.3 Å². The van der Waals surface area contributed by atoms with E-state index >= 15 is 0 Å². The zero-order chi connectivity index (χ0) is 17.5. The number of carbonyl (C=O) groups is 2. The Hall–Kier alpha value is -2.35. The second kappa shape index (κ2) is 8.49. The fraction of sp³-hybridized carbons (Fsp3) is 0.375. The zero-order valence-electron chi connectivity index (χ0n) is 13.8. The molecule has 1 aliphatic rings. The Bertz CT molecular complexity index is 666. The lowest BCUT2D eigenvalue weighted by Gasteiger charge is -2.08. The molecule has 1 atom stereocenters. The lowest BCUT2D eigenvalue weighted by molar-refractivity contribution is -0.125. The number of amides is 2. The first-order valence-corrected chi connectivity index (χ1v) is 8.32. The largest absolute Gasteiger partial charge is 0.497 e. The Morgan fingerprint density at radius 1 is 1.33 bits per heavy atom. The number of thioether (sulfide) groups is 1. The van der Waals surface area contributed by atoms with E-state index in [0.29, 0.717) is 11.7 Å². The number of amidine groups is 1. The van der Waals surface area contributed by atoms with Gasteiger partial charge in [0.05, 0.1) is 7.11 Å². The molecule has 0 aliphatic carbocycles. The number of hydrogen-bond donors (Lipinski definition) is 2. The number of rotatable bonds is 6. The highest BCUT2D eigenvalue weighted by atomic mass is 32.2. The minimum absolute atomic E-state index is 0.0977. The number of benzene rings is 1. The molecule has 128 valence electrons. The molecule has 24 heavy (non-hydrogen) atoms. The van der Waals surface area contributed by atoms with Crippen LogP contribution in [0.2, 0.25) is 0 Å². The van der Waals surface area contributed by atoms with E-state index in [1.807, 2.05) is 38.1 Å². The van der Waals surface area contributed by atoms with Crippen LogP contribution in [0.15, 0.2) is 34.5 Å². The molecule has 1 fully saturated rings. The van der Waals surface area contributed by atoms with Crippen molar-refractivity contribution in [1.29, 1.82) is 0 Å². The number of nitrogens with one attached hydrogen (secondary N) is 2. The molecule has 0 spiro atoms. The van der Waals surface area contributed by atoms with Gasteiger partial charge in [-0.15, -0.1) is 5.10 Å². The van der Waals surface area contributed by atoms with Crippen LogP contribution in [0.1, 0.15) is 25.8 Å². The third-order valence-electron chi connectivity index (χ3n) is 3.14. The molecule has 0 bridgehead atoms. The maximum Gasteiger partial charge on any atom is 0.240 e. The Kier molecular flexibility index (Phi) is 6.36. The summed E-state index contributed by atoms with van der Waals surface area (Å²) in [5.41, 5.74) is 1.75. The highest BCUT2D eigenvalue weighted by molar-refractivity contribution is 8.15. The van der Waals surface area contributed by atoms with Crippen LogP contribution in [-0.2, 0) is 16.1 Å². The van der Waals surface area contributed by atoms with Crippen molar-refractivity contribution in [3.05, 3.63) is 29.8 Å². The van der Waals surface area contributed by atoms with Crippen molar-refractivity contribution in [2.24, 2.45) is 10.2 Å². The lowest BCUT2D eigenvalue weighted by atomic mass is 10.2. The average molecular weight is 348 g/mol. The van der Waals surface area contributed by atoms with E-state index in [1.165, 1.54) is 11.8 Å². The van der Waals surface area contributed by atoms with Gasteiger partial charge < -0.3 is 15.4 Å². The summed E-state index contributed by atoms with van der Waals surface area (Å²) in [5.74, 6) is 0.359. The molecule has 1 heterocycles. The van der Waals surface area contributed by atoms with Gasteiger partial charge in [-0.2, -0.15) is 5.10 Å². The Balaban J connectivity index is 1.82. The Morgan fingerprint density at radius 2 is 2.04 bits per heavy atom. The van der Waals surface area contributed by atoms with Crippen LogP contribution >= 0.6 is 11.8 Å². The van der Waals surface area contributed by atoms with Gasteiger partial charge in [-0.05, 0) is 31.5 Å². The molecule has 1 aliphatic heterocycles. The molecule has 0 aromatic heterocycles. The molecule has 2 N–H and O–H groups in total. The van der Waals surface area contributed by atoms with Crippen molar-refractivity contribution in [2.75, 3.05) is 7.11 Å². The number of hydrogen-bond acceptors (Lipinski definition) is 6. The number of methoxy groups -OCH3 is 1. The predicted molar refractivity (Wildman–Crippen MR) is 95.2 cm³/mol. The first-order chi connectivity index (χ1) is 11.5. The van der Waals surface area contributed by atoms with E-state index in [4.69, 9.17) is 4.74 Å². The molecule has 8 heteroatoms. The van der Waals surface area contributed by atoms with E-state index in [-0.39, 0.29) is 18.2 Å². The molecular weight excluding hydrogens is 328 g/mol. The van der Waals surface area contributed by atoms with Crippen LogP contribution in [0.5, 0.6) is 5.75 Å². The van der Waals surface area contributed by atoms with Crippen molar-refractivity contribution >= 4 is 34.5 Å². The monoisotopic (exact) mass is 348 g/mol. The summed E-state index contributed by atoms with van der Waals surface area (Å²) >= 11 is 1.22. The topological polar surface area (TPSA) is 92.2 Å². The van der Waals surface area contributed by atoms with Crippen molar-refractivity contribution in [2.45, 2.75) is 32.1 Å². The highest BCUT2D eigenvalue weighted by Gasteiger charge is 2.32. The fourth-order valence-corrected chi connectivity index (χ4v) is 2.83. The van der Waals surface area contributed by atoms with Crippen LogP contribution in [0.3, 0.4) is 0 Å². The minimum atomic E-state index is -0.480. The molecule has 0 saturated carbocycles. The maximum absolute atomic E-state index is 12.0. The third-order valence-corrected chi connectivity index (χ3v) is 4.21. The van der Waals surface area contributed by atoms with Gasteiger partial charge >= 0.3 is 0 Å². The van der Waals surface area contributed by atoms with Gasteiger partial charge in [-0.3, -0.25) is 9.59 Å². The molecule has 1 aromatic rings. The van der Waals surface area contributed by atoms with Crippen molar-refractivity contribution in [3.8, 4) is 5.75 Å². The normalized spacial score (nSPS) is 18.2. The first kappa shape index (κ1) is 18.0. The van der Waals surface area contributed by atoms with Gasteiger partial charge in [0, 0.05) is 18.7 Å². The minimum Gasteiger partial charge on any atom is -0.497 e. The molecule has 1 aromatic carbocycles. The molecular formula is C16H20N4O3S. The second-order valence-corrected chi connectivity index (χ2v) is 6.57. The second-order valence-electron chi connectivity index (χ2n) is 5.38. The highest BCUT2D eigenvalue weighted by Crippen LogP contribution is 2.22. The average Bonchev–Trinajstić information content (AvgIpc) is 2.91. The van der Waals surface area contributed by atoms with Gasteiger partial charge in [-0.25, -0.2) is 0 Å². The smallest absolute Gasteiger partial charge is 0.240 e. The van der Waals surface area contributed by atoms with Crippen LogP contribution in [-0.4, -0.2) is 35.1 Å². The van der Waals surface area contributed by atoms with Crippen molar-refractivity contribution in [1.82, 2.24) is 10.6 Å². The van der Waals surface area contributed by atoms with Gasteiger partial charge in [-0.1, -0.05) is 23.9 Å². The molecule has 7 nitrogen and oxygen atoms in total. The molecule has 1 saturated heterocycles. The molecule has 0 unspecified atom stereocenters. The molecule has 2 amide bonds. The summed E-state index contributed by atoms with van der Waals surface area (Å²) < 4.78 is 5.08. The zero-order valence-corrected chi connectivity index (χ0v) is 14.6. The summed E-state index contributed by atoms with van der Waals surface area (Å²) in [6, 6.07) is 7.43. The van der Waals surface area contributed by atoms with E-state index in [1.54, 1.807) is 7.11 Å². The molecule has 2 rings (SSSR count). The van der Waals surface area contributed by atoms with E-state index in [9.17, 15) is 9.59 Å². The standard InChI is InChI=1S/C16H20N4O3S/c1-10(2)19-20-16-18-15(22)13(24-16)8-14(21)17-9-11-4-6-12(23-3)7-5-11/h4-7,13H,8-9H2,1-3H3,(H,17,21)(H,18,20,22)/t13-/m1/s1. The van der Waals surface area contributed by atoms with E-state index in [2.05, 4.69) is 20.8 Å². The number of carbonyl (C=O) groups excluding carboxylic acids is 2. The summed E-state index contributed by atoms with van der Waals surface area (Å²) in [4.78, 5) is 23.9. The quantitative estimate of drug-likeness (QED) is 0.604.